The zero-order chi connectivity index (χ0) is 85.3. The summed E-state index contributed by atoms with van der Waals surface area (Å²) in [6, 6.07) is 152. The first-order valence-electron chi connectivity index (χ1n) is 44.0. The Morgan fingerprint density at radius 1 is 0.192 bits per heavy atom. The molecule has 0 N–H and O–H groups in total. The van der Waals surface area contributed by atoms with E-state index >= 15 is 0 Å². The lowest BCUT2D eigenvalue weighted by Gasteiger charge is -2.40. The van der Waals surface area contributed by atoms with Crippen molar-refractivity contribution in [1.29, 1.82) is 0 Å². The van der Waals surface area contributed by atoms with Crippen molar-refractivity contribution in [2.45, 2.75) is 30.4 Å². The van der Waals surface area contributed by atoms with Crippen LogP contribution in [0.15, 0.2) is 453 Å². The Morgan fingerprint density at radius 2 is 0.546 bits per heavy atom. The van der Waals surface area contributed by atoms with Crippen molar-refractivity contribution in [3.63, 3.8) is 0 Å². The Hall–Kier alpha value is -16.2. The lowest BCUT2D eigenvalue weighted by molar-refractivity contribution is 0.669. The monoisotopic (exact) mass is 1690 g/mol. The maximum atomic E-state index is 6.50. The molecule has 604 valence electrons. The standard InChI is InChI=1S/2C60H35N3OS/c1-2-15-38(16-3-1)59-62-52(35-53(63-59)44-22-14-21-43-42-20-7-12-27-54(42)64-58(43)44)36-29-31-37(32-30-36)57-46-34-56-50(33-45(46)41-19-6-11-26-51(41)61-57)60(49-25-10-13-28-55(49)65-56)47-23-8-4-17-39(47)40-18-5-9-24-48(40)60;1-2-15-38(16-3-1)59-62-51(35-52(63-59)42-21-14-27-54-57(42)43-20-7-12-26-53(43)64-54)36-29-31-37(32-30-36)58-45-34-56-49(33-44(45)41-19-6-11-25-50(41)61-58)60(48-24-10-13-28-55(48)65-56)46-22-8-4-17-39(46)40-18-5-9-23-47(40)60/h2*1-35H. The molecule has 0 saturated carbocycles. The number of hydrogen-bond donors (Lipinski definition) is 0. The topological polar surface area (TPSA) is 104 Å². The largest absolute Gasteiger partial charge is 0.456 e. The Bertz CT molecular complexity index is 8790. The van der Waals surface area contributed by atoms with Gasteiger partial charge in [-0.05, 0) is 162 Å². The van der Waals surface area contributed by atoms with Gasteiger partial charge in [-0.1, -0.05) is 363 Å². The number of furan rings is 2. The number of nitrogens with zero attached hydrogens (tertiary/aromatic N) is 6. The molecule has 0 amide bonds. The summed E-state index contributed by atoms with van der Waals surface area (Å²) in [5, 5.41) is 11.2. The van der Waals surface area contributed by atoms with Crippen molar-refractivity contribution in [2.75, 3.05) is 0 Å². The highest BCUT2D eigenvalue weighted by atomic mass is 32.2. The molecular weight excluding hydrogens is 1620 g/mol. The van der Waals surface area contributed by atoms with Gasteiger partial charge >= 0.3 is 0 Å². The Balaban J connectivity index is 0.000000134. The van der Waals surface area contributed by atoms with E-state index in [1.807, 2.05) is 96.3 Å². The van der Waals surface area contributed by atoms with Crippen LogP contribution in [0.2, 0.25) is 0 Å². The fraction of sp³-hybridized carbons (Fsp3) is 0.0167. The molecule has 2 spiro atoms. The number of rotatable bonds is 8. The van der Waals surface area contributed by atoms with Gasteiger partial charge in [0.15, 0.2) is 11.6 Å². The minimum absolute atomic E-state index is 0.462. The molecule has 0 saturated heterocycles. The number of fused-ring (bicyclic) bond motifs is 30. The van der Waals surface area contributed by atoms with Crippen LogP contribution in [0.4, 0.5) is 0 Å². The lowest BCUT2D eigenvalue weighted by Crippen LogP contribution is -2.32. The number of aromatic nitrogens is 6. The van der Waals surface area contributed by atoms with E-state index in [1.54, 1.807) is 0 Å². The lowest BCUT2D eigenvalue weighted by atomic mass is 9.67. The summed E-state index contributed by atoms with van der Waals surface area (Å²) in [4.78, 5) is 36.7. The summed E-state index contributed by atoms with van der Waals surface area (Å²) in [5.74, 6) is 1.33. The second-order valence-corrected chi connectivity index (χ2v) is 36.2. The molecule has 8 nitrogen and oxygen atoms in total. The van der Waals surface area contributed by atoms with E-state index in [9.17, 15) is 0 Å². The summed E-state index contributed by atoms with van der Waals surface area (Å²) >= 11 is 3.74. The molecular formula is C120H70N6O2S2. The highest BCUT2D eigenvalue weighted by Crippen LogP contribution is 2.65. The molecule has 10 heteroatoms. The summed E-state index contributed by atoms with van der Waals surface area (Å²) in [5.41, 5.74) is 33.4. The second kappa shape index (κ2) is 29.2. The third-order valence-corrected chi connectivity index (χ3v) is 29.4. The van der Waals surface area contributed by atoms with Crippen molar-refractivity contribution < 1.29 is 8.83 Å². The van der Waals surface area contributed by atoms with Gasteiger partial charge in [0.1, 0.15) is 22.3 Å². The quantitative estimate of drug-likeness (QED) is 0.137. The molecule has 0 atom stereocenters. The summed E-state index contributed by atoms with van der Waals surface area (Å²) < 4.78 is 12.8. The molecule has 28 rings (SSSR count). The zero-order valence-electron chi connectivity index (χ0n) is 69.7. The number of para-hydroxylation sites is 5. The molecule has 0 radical (unpaired) electrons. The summed E-state index contributed by atoms with van der Waals surface area (Å²) in [7, 11) is 0. The molecule has 24 aromatic rings. The van der Waals surface area contributed by atoms with Crippen LogP contribution in [0.25, 0.3) is 200 Å². The predicted molar refractivity (Wildman–Crippen MR) is 531 cm³/mol. The van der Waals surface area contributed by atoms with Gasteiger partial charge in [0, 0.05) is 107 Å². The van der Waals surface area contributed by atoms with Crippen LogP contribution < -0.4 is 0 Å². The van der Waals surface area contributed by atoms with Gasteiger partial charge < -0.3 is 8.83 Å². The van der Waals surface area contributed by atoms with Crippen LogP contribution in [0, 0.1) is 0 Å². The Kier molecular flexibility index (Phi) is 16.6. The van der Waals surface area contributed by atoms with Gasteiger partial charge in [-0.25, -0.2) is 29.9 Å². The van der Waals surface area contributed by atoms with E-state index in [0.29, 0.717) is 11.6 Å². The van der Waals surface area contributed by atoms with Crippen molar-refractivity contribution in [3.05, 3.63) is 469 Å². The minimum atomic E-state index is -0.463. The molecule has 2 aliphatic heterocycles. The summed E-state index contributed by atoms with van der Waals surface area (Å²) in [6.45, 7) is 0. The van der Waals surface area contributed by atoms with Crippen LogP contribution in [0.3, 0.4) is 0 Å². The van der Waals surface area contributed by atoms with Crippen LogP contribution >= 0.6 is 23.5 Å². The normalized spacial score (nSPS) is 13.3. The van der Waals surface area contributed by atoms with E-state index in [0.717, 1.165) is 155 Å². The third-order valence-electron chi connectivity index (χ3n) is 27.1. The van der Waals surface area contributed by atoms with Gasteiger partial charge in [0.25, 0.3) is 0 Å². The van der Waals surface area contributed by atoms with Gasteiger partial charge in [-0.15, -0.1) is 0 Å². The number of pyridine rings is 2. The molecule has 4 aliphatic rings. The molecule has 6 aromatic heterocycles. The van der Waals surface area contributed by atoms with Gasteiger partial charge in [0.2, 0.25) is 0 Å². The van der Waals surface area contributed by atoms with Crippen molar-refractivity contribution in [3.8, 4) is 113 Å². The maximum Gasteiger partial charge on any atom is 0.160 e. The number of hydrogen-bond acceptors (Lipinski definition) is 10. The molecule has 130 heavy (non-hydrogen) atoms. The minimum Gasteiger partial charge on any atom is -0.456 e. The maximum absolute atomic E-state index is 6.50. The van der Waals surface area contributed by atoms with Crippen molar-refractivity contribution >= 4 is 111 Å². The van der Waals surface area contributed by atoms with Crippen LogP contribution in [-0.4, -0.2) is 29.9 Å². The van der Waals surface area contributed by atoms with Crippen molar-refractivity contribution in [2.24, 2.45) is 0 Å². The Morgan fingerprint density at radius 3 is 1.04 bits per heavy atom. The van der Waals surface area contributed by atoms with Crippen LogP contribution in [-0.2, 0) is 10.8 Å². The third kappa shape index (κ3) is 11.2. The molecule has 0 unspecified atom stereocenters. The van der Waals surface area contributed by atoms with Gasteiger partial charge in [-0.2, -0.15) is 0 Å². The number of benzene rings is 18. The van der Waals surface area contributed by atoms with Crippen molar-refractivity contribution in [1.82, 2.24) is 29.9 Å². The zero-order valence-corrected chi connectivity index (χ0v) is 71.4. The van der Waals surface area contributed by atoms with Crippen LogP contribution in [0.5, 0.6) is 0 Å². The highest BCUT2D eigenvalue weighted by Gasteiger charge is 2.52. The first-order chi connectivity index (χ1) is 64.4. The van der Waals surface area contributed by atoms with Crippen LogP contribution in [0.1, 0.15) is 44.5 Å². The average molecular weight is 1690 g/mol. The fourth-order valence-corrected chi connectivity index (χ4v) is 23.9. The molecule has 0 fully saturated rings. The van der Waals surface area contributed by atoms with E-state index in [-0.39, 0.29) is 0 Å². The van der Waals surface area contributed by atoms with E-state index in [2.05, 4.69) is 352 Å². The molecule has 18 aromatic carbocycles. The smallest absolute Gasteiger partial charge is 0.160 e. The predicted octanol–water partition coefficient (Wildman–Crippen LogP) is 31.1. The SMILES string of the molecule is c1ccc(-c2nc(-c3ccc(-c4nc5ccccc5c5cc6c(cc45)Sc4ccccc4C64c5ccccc5-c5ccccc54)cc3)cc(-c3cccc4c3oc3ccccc34)n2)cc1.c1ccc(-c2nc(-c3ccc(-c4nc5ccccc5c5cc6c(cc45)Sc4ccccc4C64c5ccccc5-c5ccccc54)cc3)cc(-c3cccc4oc5ccccc5c34)n2)cc1. The highest BCUT2D eigenvalue weighted by molar-refractivity contribution is 7.99. The van der Waals surface area contributed by atoms with Gasteiger partial charge in [-0.3, -0.25) is 0 Å². The average Bonchev–Trinajstić information content (AvgIpc) is 1.49. The second-order valence-electron chi connectivity index (χ2n) is 34.0. The van der Waals surface area contributed by atoms with E-state index in [4.69, 9.17) is 38.7 Å². The van der Waals surface area contributed by atoms with E-state index in [1.165, 1.54) is 97.1 Å². The van der Waals surface area contributed by atoms with Gasteiger partial charge in [0.05, 0.1) is 56.0 Å². The summed E-state index contributed by atoms with van der Waals surface area (Å²) in [6.07, 6.45) is 0. The molecule has 2 aliphatic carbocycles. The Labute approximate surface area is 756 Å². The first kappa shape index (κ1) is 74.1. The first-order valence-corrected chi connectivity index (χ1v) is 45.6. The molecule has 0 bridgehead atoms. The molecule has 8 heterocycles. The van der Waals surface area contributed by atoms with E-state index < -0.39 is 10.8 Å². The fourth-order valence-electron chi connectivity index (χ4n) is 21.5.